The number of alkyl halides is 1. The Hall–Kier alpha value is -1.88. The number of aryl methyl sites for hydroxylation is 2. The highest BCUT2D eigenvalue weighted by molar-refractivity contribution is 6.20. The third kappa shape index (κ3) is 2.53. The Morgan fingerprint density at radius 1 is 1.33 bits per heavy atom. The number of rotatable bonds is 3. The molecule has 4 nitrogen and oxygen atoms in total. The molecule has 0 aliphatic rings. The first-order chi connectivity index (χ1) is 9.95. The van der Waals surface area contributed by atoms with Gasteiger partial charge in [-0.05, 0) is 32.4 Å². The maximum Gasteiger partial charge on any atom is 0.133 e. The minimum atomic E-state index is -0.284. The monoisotopic (exact) mass is 307 g/mol. The average Bonchev–Trinajstić information content (AvgIpc) is 2.96. The van der Waals surface area contributed by atoms with Gasteiger partial charge in [0.1, 0.15) is 23.1 Å². The van der Waals surface area contributed by atoms with Gasteiger partial charge in [0.2, 0.25) is 0 Å². The third-order valence-electron chi connectivity index (χ3n) is 3.41. The highest BCUT2D eigenvalue weighted by atomic mass is 35.5. The van der Waals surface area contributed by atoms with Crippen molar-refractivity contribution in [2.24, 2.45) is 0 Å². The van der Waals surface area contributed by atoms with Crippen LogP contribution in [0.5, 0.6) is 0 Å². The van der Waals surface area contributed by atoms with E-state index >= 15 is 0 Å². The van der Waals surface area contributed by atoms with Crippen LogP contribution in [-0.4, -0.2) is 14.7 Å². The summed E-state index contributed by atoms with van der Waals surface area (Å²) in [4.78, 5) is 4.45. The zero-order chi connectivity index (χ0) is 15.1. The van der Waals surface area contributed by atoms with Crippen LogP contribution in [0.3, 0.4) is 0 Å². The van der Waals surface area contributed by atoms with Crippen molar-refractivity contribution in [3.05, 3.63) is 46.9 Å². The molecule has 3 aromatic rings. The second-order valence-electron chi connectivity index (χ2n) is 5.19. The lowest BCUT2D eigenvalue weighted by molar-refractivity contribution is 0.389. The van der Waals surface area contributed by atoms with E-state index in [1.54, 1.807) is 13.0 Å². The van der Waals surface area contributed by atoms with E-state index in [4.69, 9.17) is 16.1 Å². The van der Waals surface area contributed by atoms with E-state index in [0.29, 0.717) is 23.4 Å². The molecule has 0 radical (unpaired) electrons. The number of imidazole rings is 1. The van der Waals surface area contributed by atoms with Crippen molar-refractivity contribution in [1.82, 2.24) is 14.7 Å². The predicted octanol–water partition coefficient (Wildman–Crippen LogP) is 4.13. The number of halogens is 2. The van der Waals surface area contributed by atoms with Crippen molar-refractivity contribution in [1.29, 1.82) is 0 Å². The van der Waals surface area contributed by atoms with Gasteiger partial charge in [-0.25, -0.2) is 9.37 Å². The molecule has 2 aromatic heterocycles. The number of fused-ring (bicyclic) bond motifs is 1. The molecule has 0 saturated heterocycles. The molecule has 0 aliphatic carbocycles. The summed E-state index contributed by atoms with van der Waals surface area (Å²) < 4.78 is 20.8. The van der Waals surface area contributed by atoms with E-state index in [0.717, 1.165) is 17.0 Å². The van der Waals surface area contributed by atoms with Crippen LogP contribution in [0, 0.1) is 19.7 Å². The van der Waals surface area contributed by atoms with Gasteiger partial charge in [0.25, 0.3) is 0 Å². The van der Waals surface area contributed by atoms with Crippen LogP contribution in [0.2, 0.25) is 0 Å². The van der Waals surface area contributed by atoms with E-state index in [9.17, 15) is 4.39 Å². The van der Waals surface area contributed by atoms with Crippen molar-refractivity contribution in [3.8, 4) is 0 Å². The lowest BCUT2D eigenvalue weighted by Gasteiger charge is -2.08. The summed E-state index contributed by atoms with van der Waals surface area (Å²) in [5.41, 5.74) is 2.80. The fourth-order valence-electron chi connectivity index (χ4n) is 2.39. The largest absolute Gasteiger partial charge is 0.361 e. The molecule has 0 amide bonds. The summed E-state index contributed by atoms with van der Waals surface area (Å²) in [5.74, 6) is 1.17. The zero-order valence-corrected chi connectivity index (χ0v) is 12.8. The van der Waals surface area contributed by atoms with E-state index < -0.39 is 0 Å². The van der Waals surface area contributed by atoms with Gasteiger partial charge >= 0.3 is 0 Å². The smallest absolute Gasteiger partial charge is 0.133 e. The molecule has 6 heteroatoms. The summed E-state index contributed by atoms with van der Waals surface area (Å²) in [5, 5.41) is 3.71. The summed E-state index contributed by atoms with van der Waals surface area (Å²) >= 11 is 6.21. The lowest BCUT2D eigenvalue weighted by atomic mass is 10.2. The minimum Gasteiger partial charge on any atom is -0.361 e. The van der Waals surface area contributed by atoms with E-state index in [1.165, 1.54) is 6.07 Å². The summed E-state index contributed by atoms with van der Waals surface area (Å²) in [6, 6.07) is 5.09. The normalized spacial score (nSPS) is 13.0. The highest BCUT2D eigenvalue weighted by Gasteiger charge is 2.17. The van der Waals surface area contributed by atoms with Gasteiger partial charge in [-0.2, -0.15) is 0 Å². The number of hydrogen-bond acceptors (Lipinski definition) is 3. The first kappa shape index (κ1) is 14.1. The SMILES string of the molecule is Cc1cc(Cn2c(C(C)Cl)nc3cc(F)c(C)cc32)no1. The Kier molecular flexibility index (Phi) is 3.45. The van der Waals surface area contributed by atoms with Gasteiger partial charge in [0.05, 0.1) is 23.0 Å². The van der Waals surface area contributed by atoms with E-state index in [-0.39, 0.29) is 11.2 Å². The molecule has 1 atom stereocenters. The molecule has 3 rings (SSSR count). The third-order valence-corrected chi connectivity index (χ3v) is 3.61. The second kappa shape index (κ2) is 5.15. The Morgan fingerprint density at radius 3 is 2.71 bits per heavy atom. The molecular formula is C15H15ClFN3O. The molecule has 1 aromatic carbocycles. The van der Waals surface area contributed by atoms with Crippen LogP contribution in [-0.2, 0) is 6.54 Å². The summed E-state index contributed by atoms with van der Waals surface area (Å²) in [6.07, 6.45) is 0. The molecule has 0 aliphatic heterocycles. The van der Waals surface area contributed by atoms with Crippen molar-refractivity contribution in [3.63, 3.8) is 0 Å². The minimum absolute atomic E-state index is 0.266. The average molecular weight is 308 g/mol. The standard InChI is InChI=1S/C15H15ClFN3O/c1-8-4-14-13(6-12(8)17)18-15(10(3)16)20(14)7-11-5-9(2)21-19-11/h4-6,10H,7H2,1-3H3. The molecule has 1 unspecified atom stereocenters. The first-order valence-corrected chi connectivity index (χ1v) is 7.12. The first-order valence-electron chi connectivity index (χ1n) is 6.68. The van der Waals surface area contributed by atoms with Crippen LogP contribution in [0.25, 0.3) is 11.0 Å². The van der Waals surface area contributed by atoms with Gasteiger partial charge in [-0.3, -0.25) is 0 Å². The Morgan fingerprint density at radius 2 is 2.10 bits per heavy atom. The summed E-state index contributed by atoms with van der Waals surface area (Å²) in [7, 11) is 0. The van der Waals surface area contributed by atoms with E-state index in [2.05, 4.69) is 10.1 Å². The van der Waals surface area contributed by atoms with Gasteiger partial charge in [-0.15, -0.1) is 11.6 Å². The van der Waals surface area contributed by atoms with Crippen LogP contribution < -0.4 is 0 Å². The molecule has 0 fully saturated rings. The highest BCUT2D eigenvalue weighted by Crippen LogP contribution is 2.27. The fourth-order valence-corrected chi connectivity index (χ4v) is 2.56. The van der Waals surface area contributed by atoms with Crippen LogP contribution in [0.1, 0.15) is 35.1 Å². The van der Waals surface area contributed by atoms with E-state index in [1.807, 2.05) is 24.5 Å². The number of nitrogens with zero attached hydrogens (tertiary/aromatic N) is 3. The predicted molar refractivity (Wildman–Crippen MR) is 79.0 cm³/mol. The quantitative estimate of drug-likeness (QED) is 0.683. The molecule has 0 N–H and O–H groups in total. The van der Waals surface area contributed by atoms with Gasteiger partial charge in [0.15, 0.2) is 0 Å². The Labute approximate surface area is 126 Å². The van der Waals surface area contributed by atoms with Crippen molar-refractivity contribution in [2.45, 2.75) is 32.7 Å². The van der Waals surface area contributed by atoms with Crippen molar-refractivity contribution < 1.29 is 8.91 Å². The van der Waals surface area contributed by atoms with Crippen LogP contribution in [0.15, 0.2) is 22.7 Å². The Bertz CT molecular complexity index is 807. The molecule has 2 heterocycles. The number of hydrogen-bond donors (Lipinski definition) is 0. The van der Waals surface area contributed by atoms with Crippen molar-refractivity contribution >= 4 is 22.6 Å². The lowest BCUT2D eigenvalue weighted by Crippen LogP contribution is -2.06. The molecular weight excluding hydrogens is 293 g/mol. The number of aromatic nitrogens is 3. The van der Waals surface area contributed by atoms with Crippen molar-refractivity contribution in [2.75, 3.05) is 0 Å². The molecule has 110 valence electrons. The van der Waals surface area contributed by atoms with Gasteiger partial charge in [0, 0.05) is 12.1 Å². The second-order valence-corrected chi connectivity index (χ2v) is 5.85. The fraction of sp³-hybridized carbons (Fsp3) is 0.333. The van der Waals surface area contributed by atoms with Gasteiger partial charge < -0.3 is 9.09 Å². The molecule has 0 bridgehead atoms. The topological polar surface area (TPSA) is 43.9 Å². The molecule has 0 saturated carbocycles. The maximum atomic E-state index is 13.7. The van der Waals surface area contributed by atoms with Crippen LogP contribution >= 0.6 is 11.6 Å². The number of benzene rings is 1. The van der Waals surface area contributed by atoms with Gasteiger partial charge in [-0.1, -0.05) is 5.16 Å². The zero-order valence-electron chi connectivity index (χ0n) is 12.0. The molecule has 21 heavy (non-hydrogen) atoms. The molecule has 0 spiro atoms. The Balaban J connectivity index is 2.17. The summed E-state index contributed by atoms with van der Waals surface area (Å²) in [6.45, 7) is 5.91. The van der Waals surface area contributed by atoms with Crippen LogP contribution in [0.4, 0.5) is 4.39 Å². The maximum absolute atomic E-state index is 13.7.